The van der Waals surface area contributed by atoms with Crippen LogP contribution >= 0.6 is 0 Å². The molecule has 0 aliphatic heterocycles. The maximum Gasteiger partial charge on any atom is 0.228 e. The fraction of sp³-hybridized carbons (Fsp3) is 0.100. The minimum absolute atomic E-state index is 0.191. The Kier molecular flexibility index (Phi) is 5.77. The first-order valence-electron chi connectivity index (χ1n) is 8.16. The lowest BCUT2D eigenvalue weighted by Crippen LogP contribution is -2.16. The van der Waals surface area contributed by atoms with Crippen molar-refractivity contribution in [3.05, 3.63) is 78.7 Å². The molecular formula is C20H18FN3O2. The third-order valence-electron chi connectivity index (χ3n) is 3.52. The number of ether oxygens (including phenoxy) is 1. The van der Waals surface area contributed by atoms with Crippen molar-refractivity contribution in [1.29, 1.82) is 0 Å². The fourth-order valence-corrected chi connectivity index (χ4v) is 2.24. The number of amides is 1. The summed E-state index contributed by atoms with van der Waals surface area (Å²) in [6.45, 7) is 0.281. The lowest BCUT2D eigenvalue weighted by atomic mass is 10.3. The molecule has 0 spiro atoms. The highest BCUT2D eigenvalue weighted by Gasteiger charge is 2.05. The van der Waals surface area contributed by atoms with E-state index in [1.54, 1.807) is 30.3 Å². The number of para-hydroxylation sites is 2. The second-order valence-electron chi connectivity index (χ2n) is 5.50. The van der Waals surface area contributed by atoms with Crippen LogP contribution in [0.3, 0.4) is 0 Å². The molecule has 3 aromatic rings. The number of rotatable bonds is 7. The summed E-state index contributed by atoms with van der Waals surface area (Å²) in [7, 11) is 0. The first-order valence-corrected chi connectivity index (χ1v) is 8.16. The molecular weight excluding hydrogens is 333 g/mol. The van der Waals surface area contributed by atoms with Gasteiger partial charge in [0, 0.05) is 0 Å². The molecule has 1 amide bonds. The number of anilines is 3. The Hall–Kier alpha value is -3.41. The minimum atomic E-state index is -0.344. The Bertz CT molecular complexity index is 854. The molecule has 0 atom stereocenters. The number of nitrogens with one attached hydrogen (secondary N) is 2. The number of hydrogen-bond donors (Lipinski definition) is 2. The van der Waals surface area contributed by atoms with E-state index in [9.17, 15) is 9.18 Å². The van der Waals surface area contributed by atoms with Crippen molar-refractivity contribution >= 4 is 23.1 Å². The van der Waals surface area contributed by atoms with E-state index in [0.717, 1.165) is 5.75 Å². The summed E-state index contributed by atoms with van der Waals surface area (Å²) < 4.78 is 19.1. The van der Waals surface area contributed by atoms with Gasteiger partial charge in [-0.2, -0.15) is 0 Å². The van der Waals surface area contributed by atoms with Gasteiger partial charge in [0.25, 0.3) is 0 Å². The molecule has 0 saturated heterocycles. The average molecular weight is 351 g/mol. The summed E-state index contributed by atoms with van der Waals surface area (Å²) >= 11 is 0. The van der Waals surface area contributed by atoms with E-state index in [1.807, 2.05) is 30.3 Å². The average Bonchev–Trinajstić information content (AvgIpc) is 2.66. The predicted molar refractivity (Wildman–Crippen MR) is 99.1 cm³/mol. The van der Waals surface area contributed by atoms with Crippen LogP contribution in [-0.2, 0) is 4.79 Å². The van der Waals surface area contributed by atoms with E-state index in [0.29, 0.717) is 17.2 Å². The number of carbonyl (C=O) groups excluding carboxylic acids is 1. The SMILES string of the molecule is O=C(CCOc1ccccc1)Nc1ccc(Nc2ccccc2F)cn1. The zero-order chi connectivity index (χ0) is 18.2. The van der Waals surface area contributed by atoms with Crippen molar-refractivity contribution in [3.8, 4) is 5.75 Å². The number of benzene rings is 2. The summed E-state index contributed by atoms with van der Waals surface area (Å²) in [5.74, 6) is 0.613. The van der Waals surface area contributed by atoms with Crippen molar-refractivity contribution in [1.82, 2.24) is 4.98 Å². The summed E-state index contributed by atoms with van der Waals surface area (Å²) in [5.41, 5.74) is 0.990. The number of halogens is 1. The van der Waals surface area contributed by atoms with Crippen molar-refractivity contribution in [3.63, 3.8) is 0 Å². The van der Waals surface area contributed by atoms with E-state index in [4.69, 9.17) is 4.74 Å². The fourth-order valence-electron chi connectivity index (χ4n) is 2.24. The topological polar surface area (TPSA) is 63.2 Å². The van der Waals surface area contributed by atoms with Crippen molar-refractivity contribution in [2.45, 2.75) is 6.42 Å². The van der Waals surface area contributed by atoms with Crippen molar-refractivity contribution in [2.75, 3.05) is 17.2 Å². The summed E-state index contributed by atoms with van der Waals surface area (Å²) in [6.07, 6.45) is 1.74. The molecule has 0 unspecified atom stereocenters. The van der Waals surface area contributed by atoms with Gasteiger partial charge < -0.3 is 15.4 Å². The van der Waals surface area contributed by atoms with Crippen molar-refractivity contribution in [2.24, 2.45) is 0 Å². The number of aromatic nitrogens is 1. The smallest absolute Gasteiger partial charge is 0.228 e. The van der Waals surface area contributed by atoms with Crippen LogP contribution in [0.5, 0.6) is 5.75 Å². The molecule has 132 valence electrons. The number of pyridine rings is 1. The largest absolute Gasteiger partial charge is 0.493 e. The molecule has 0 aliphatic rings. The Morgan fingerprint density at radius 2 is 1.77 bits per heavy atom. The van der Waals surface area contributed by atoms with Gasteiger partial charge >= 0.3 is 0 Å². The van der Waals surface area contributed by atoms with Crippen LogP contribution in [0.25, 0.3) is 0 Å². The second kappa shape index (κ2) is 8.62. The minimum Gasteiger partial charge on any atom is -0.493 e. The molecule has 1 aromatic heterocycles. The van der Waals surface area contributed by atoms with Crippen molar-refractivity contribution < 1.29 is 13.9 Å². The highest BCUT2D eigenvalue weighted by atomic mass is 19.1. The van der Waals surface area contributed by atoms with Gasteiger partial charge in [0.1, 0.15) is 17.4 Å². The van der Waals surface area contributed by atoms with Gasteiger partial charge in [0.05, 0.1) is 30.6 Å². The highest BCUT2D eigenvalue weighted by molar-refractivity contribution is 5.89. The molecule has 2 N–H and O–H groups in total. The number of hydrogen-bond acceptors (Lipinski definition) is 4. The third-order valence-corrected chi connectivity index (χ3v) is 3.52. The molecule has 1 heterocycles. The molecule has 0 saturated carbocycles. The van der Waals surface area contributed by atoms with E-state index >= 15 is 0 Å². The standard InChI is InChI=1S/C20H18FN3O2/c21-17-8-4-5-9-18(17)23-15-10-11-19(22-14-15)24-20(25)12-13-26-16-6-2-1-3-7-16/h1-11,14,23H,12-13H2,(H,22,24,25). The molecule has 0 bridgehead atoms. The van der Waals surface area contributed by atoms with Crippen LogP contribution in [-0.4, -0.2) is 17.5 Å². The van der Waals surface area contributed by atoms with Gasteiger partial charge in [-0.3, -0.25) is 4.79 Å². The van der Waals surface area contributed by atoms with Gasteiger partial charge in [0.15, 0.2) is 0 Å². The quantitative estimate of drug-likeness (QED) is 0.663. The number of carbonyl (C=O) groups is 1. The molecule has 0 radical (unpaired) electrons. The van der Waals surface area contributed by atoms with Crippen LogP contribution < -0.4 is 15.4 Å². The molecule has 0 fully saturated rings. The Morgan fingerprint density at radius 1 is 1.00 bits per heavy atom. The normalized spacial score (nSPS) is 10.2. The molecule has 5 nitrogen and oxygen atoms in total. The summed E-state index contributed by atoms with van der Waals surface area (Å²) in [4.78, 5) is 16.1. The third kappa shape index (κ3) is 5.04. The molecule has 0 aliphatic carbocycles. The Morgan fingerprint density at radius 3 is 2.50 bits per heavy atom. The first-order chi connectivity index (χ1) is 12.7. The second-order valence-corrected chi connectivity index (χ2v) is 5.50. The first kappa shape index (κ1) is 17.4. The van der Waals surface area contributed by atoms with E-state index in [1.165, 1.54) is 12.3 Å². The van der Waals surface area contributed by atoms with Crippen LogP contribution in [0.15, 0.2) is 72.9 Å². The predicted octanol–water partition coefficient (Wildman–Crippen LogP) is 4.37. The summed E-state index contributed by atoms with van der Waals surface area (Å²) in [6, 6.07) is 19.1. The van der Waals surface area contributed by atoms with E-state index in [-0.39, 0.29) is 24.8 Å². The van der Waals surface area contributed by atoms with Crippen LogP contribution in [0.2, 0.25) is 0 Å². The molecule has 2 aromatic carbocycles. The Balaban J connectivity index is 1.47. The van der Waals surface area contributed by atoms with Crippen LogP contribution in [0, 0.1) is 5.82 Å². The van der Waals surface area contributed by atoms with Gasteiger partial charge in [-0.25, -0.2) is 9.37 Å². The maximum atomic E-state index is 13.6. The van der Waals surface area contributed by atoms with E-state index in [2.05, 4.69) is 15.6 Å². The summed E-state index contributed by atoms with van der Waals surface area (Å²) in [5, 5.41) is 5.63. The lowest BCUT2D eigenvalue weighted by molar-refractivity contribution is -0.116. The number of nitrogens with zero attached hydrogens (tertiary/aromatic N) is 1. The molecule has 6 heteroatoms. The van der Waals surface area contributed by atoms with Crippen LogP contribution in [0.1, 0.15) is 6.42 Å². The van der Waals surface area contributed by atoms with E-state index < -0.39 is 0 Å². The molecule has 26 heavy (non-hydrogen) atoms. The molecule has 3 rings (SSSR count). The zero-order valence-electron chi connectivity index (χ0n) is 14.0. The van der Waals surface area contributed by atoms with Gasteiger partial charge in [-0.05, 0) is 36.4 Å². The highest BCUT2D eigenvalue weighted by Crippen LogP contribution is 2.19. The Labute approximate surface area is 150 Å². The van der Waals surface area contributed by atoms with Gasteiger partial charge in [0.2, 0.25) is 5.91 Å². The lowest BCUT2D eigenvalue weighted by Gasteiger charge is -2.09. The van der Waals surface area contributed by atoms with Gasteiger partial charge in [-0.15, -0.1) is 0 Å². The van der Waals surface area contributed by atoms with Gasteiger partial charge in [-0.1, -0.05) is 30.3 Å². The monoisotopic (exact) mass is 351 g/mol. The zero-order valence-corrected chi connectivity index (χ0v) is 14.0. The maximum absolute atomic E-state index is 13.6. The van der Waals surface area contributed by atoms with Crippen LogP contribution in [0.4, 0.5) is 21.6 Å².